The summed E-state index contributed by atoms with van der Waals surface area (Å²) in [6, 6.07) is 16.2. The number of ether oxygens (including phenoxy) is 1. The Balaban J connectivity index is 0.00000192. The highest BCUT2D eigenvalue weighted by atomic mass is 35.5. The molecular weight excluding hydrogens is 328 g/mol. The molecule has 0 bridgehead atoms. The SMILES string of the molecule is CCOc1ccc2nc(SC/C=C/c3ccccc3)[nH]c2c1.Cl. The number of benzene rings is 2. The summed E-state index contributed by atoms with van der Waals surface area (Å²) < 4.78 is 5.50. The van der Waals surface area contributed by atoms with Crippen LogP contribution in [0, 0.1) is 0 Å². The van der Waals surface area contributed by atoms with Gasteiger partial charge in [-0.1, -0.05) is 54.2 Å². The molecule has 3 rings (SSSR count). The van der Waals surface area contributed by atoms with Crippen molar-refractivity contribution in [1.29, 1.82) is 0 Å². The molecule has 1 heterocycles. The number of rotatable bonds is 6. The number of fused-ring (bicyclic) bond motifs is 1. The minimum atomic E-state index is 0. The van der Waals surface area contributed by atoms with Crippen LogP contribution in [0.1, 0.15) is 12.5 Å². The number of H-pyrrole nitrogens is 1. The van der Waals surface area contributed by atoms with Crippen LogP contribution >= 0.6 is 24.2 Å². The summed E-state index contributed by atoms with van der Waals surface area (Å²) in [4.78, 5) is 7.91. The maximum atomic E-state index is 5.50. The van der Waals surface area contributed by atoms with Gasteiger partial charge in [-0.25, -0.2) is 4.98 Å². The third kappa shape index (κ3) is 4.78. The predicted molar refractivity (Wildman–Crippen MR) is 101 cm³/mol. The fraction of sp³-hybridized carbons (Fsp3) is 0.167. The van der Waals surface area contributed by atoms with Crippen LogP contribution in [-0.4, -0.2) is 22.3 Å². The van der Waals surface area contributed by atoms with Crippen LogP contribution < -0.4 is 4.74 Å². The number of aromatic amines is 1. The van der Waals surface area contributed by atoms with E-state index in [0.29, 0.717) is 6.61 Å². The van der Waals surface area contributed by atoms with Crippen LogP contribution in [-0.2, 0) is 0 Å². The molecule has 3 nitrogen and oxygen atoms in total. The molecule has 0 unspecified atom stereocenters. The number of halogens is 1. The molecule has 3 aromatic rings. The Kier molecular flexibility index (Phi) is 6.56. The molecule has 0 aliphatic heterocycles. The lowest BCUT2D eigenvalue weighted by atomic mass is 10.2. The normalized spacial score (nSPS) is 10.8. The molecule has 0 atom stereocenters. The lowest BCUT2D eigenvalue weighted by Crippen LogP contribution is -1.90. The van der Waals surface area contributed by atoms with Crippen LogP contribution in [0.25, 0.3) is 17.1 Å². The summed E-state index contributed by atoms with van der Waals surface area (Å²) in [5.41, 5.74) is 3.20. The van der Waals surface area contributed by atoms with Crippen molar-refractivity contribution in [3.05, 3.63) is 60.2 Å². The van der Waals surface area contributed by atoms with Gasteiger partial charge < -0.3 is 9.72 Å². The van der Waals surface area contributed by atoms with Gasteiger partial charge in [0, 0.05) is 11.8 Å². The summed E-state index contributed by atoms with van der Waals surface area (Å²) in [6.07, 6.45) is 4.28. The van der Waals surface area contributed by atoms with Gasteiger partial charge in [-0.05, 0) is 24.6 Å². The zero-order valence-corrected chi connectivity index (χ0v) is 14.5. The number of thioether (sulfide) groups is 1. The van der Waals surface area contributed by atoms with E-state index in [1.807, 2.05) is 43.3 Å². The Morgan fingerprint density at radius 2 is 2.00 bits per heavy atom. The van der Waals surface area contributed by atoms with Crippen molar-refractivity contribution in [2.24, 2.45) is 0 Å². The number of nitrogens with zero attached hydrogens (tertiary/aromatic N) is 1. The van der Waals surface area contributed by atoms with Gasteiger partial charge in [-0.2, -0.15) is 0 Å². The van der Waals surface area contributed by atoms with Crippen LogP contribution in [0.5, 0.6) is 5.75 Å². The van der Waals surface area contributed by atoms with E-state index in [0.717, 1.165) is 27.7 Å². The number of aromatic nitrogens is 2. The first-order chi connectivity index (χ1) is 10.8. The molecule has 0 amide bonds. The Morgan fingerprint density at radius 3 is 2.78 bits per heavy atom. The molecule has 2 aromatic carbocycles. The molecule has 5 heteroatoms. The first-order valence-electron chi connectivity index (χ1n) is 7.32. The monoisotopic (exact) mass is 346 g/mol. The second kappa shape index (κ2) is 8.65. The van der Waals surface area contributed by atoms with Crippen LogP contribution in [0.4, 0.5) is 0 Å². The van der Waals surface area contributed by atoms with E-state index in [4.69, 9.17) is 4.74 Å². The van der Waals surface area contributed by atoms with E-state index in [9.17, 15) is 0 Å². The smallest absolute Gasteiger partial charge is 0.166 e. The number of hydrogen-bond donors (Lipinski definition) is 1. The minimum absolute atomic E-state index is 0. The molecule has 0 fully saturated rings. The first kappa shape index (κ1) is 17.4. The van der Waals surface area contributed by atoms with E-state index in [2.05, 4.69) is 34.3 Å². The van der Waals surface area contributed by atoms with E-state index in [-0.39, 0.29) is 12.4 Å². The molecule has 1 aromatic heterocycles. The lowest BCUT2D eigenvalue weighted by Gasteiger charge is -2.00. The Hall–Kier alpha value is -1.91. The second-order valence-electron chi connectivity index (χ2n) is 4.78. The van der Waals surface area contributed by atoms with Crippen molar-refractivity contribution in [2.75, 3.05) is 12.4 Å². The van der Waals surface area contributed by atoms with Crippen LogP contribution in [0.15, 0.2) is 59.8 Å². The van der Waals surface area contributed by atoms with E-state index >= 15 is 0 Å². The largest absolute Gasteiger partial charge is 0.494 e. The fourth-order valence-corrected chi connectivity index (χ4v) is 2.86. The maximum Gasteiger partial charge on any atom is 0.166 e. The number of nitrogens with one attached hydrogen (secondary N) is 1. The van der Waals surface area contributed by atoms with Gasteiger partial charge in [0.05, 0.1) is 17.6 Å². The van der Waals surface area contributed by atoms with Crippen LogP contribution in [0.2, 0.25) is 0 Å². The molecule has 1 N–H and O–H groups in total. The average molecular weight is 347 g/mol. The Bertz CT molecular complexity index is 771. The van der Waals surface area contributed by atoms with Gasteiger partial charge >= 0.3 is 0 Å². The van der Waals surface area contributed by atoms with Crippen molar-refractivity contribution in [2.45, 2.75) is 12.1 Å². The van der Waals surface area contributed by atoms with E-state index in [1.165, 1.54) is 5.56 Å². The number of hydrogen-bond acceptors (Lipinski definition) is 3. The van der Waals surface area contributed by atoms with Crippen molar-refractivity contribution in [3.8, 4) is 5.75 Å². The van der Waals surface area contributed by atoms with Gasteiger partial charge in [-0.3, -0.25) is 0 Å². The van der Waals surface area contributed by atoms with Gasteiger partial charge in [-0.15, -0.1) is 12.4 Å². The number of imidazole rings is 1. The van der Waals surface area contributed by atoms with Gasteiger partial charge in [0.1, 0.15) is 5.75 Å². The van der Waals surface area contributed by atoms with E-state index < -0.39 is 0 Å². The molecule has 120 valence electrons. The van der Waals surface area contributed by atoms with Gasteiger partial charge in [0.15, 0.2) is 5.16 Å². The third-order valence-electron chi connectivity index (χ3n) is 3.17. The summed E-state index contributed by atoms with van der Waals surface area (Å²) in [7, 11) is 0. The first-order valence-corrected chi connectivity index (χ1v) is 8.30. The van der Waals surface area contributed by atoms with E-state index in [1.54, 1.807) is 11.8 Å². The molecule has 0 aliphatic rings. The molecule has 0 aliphatic carbocycles. The van der Waals surface area contributed by atoms with Crippen molar-refractivity contribution in [3.63, 3.8) is 0 Å². The Morgan fingerprint density at radius 1 is 1.17 bits per heavy atom. The molecule has 0 spiro atoms. The second-order valence-corrected chi connectivity index (χ2v) is 5.79. The standard InChI is InChI=1S/C18H18N2OS.ClH/c1-2-21-15-10-11-16-17(13-15)20-18(19-16)22-12-6-9-14-7-4-3-5-8-14;/h3-11,13H,2,12H2,1H3,(H,19,20);1H/b9-6+;. The zero-order chi connectivity index (χ0) is 15.2. The highest BCUT2D eigenvalue weighted by Gasteiger charge is 2.04. The summed E-state index contributed by atoms with van der Waals surface area (Å²) in [6.45, 7) is 2.66. The molecule has 23 heavy (non-hydrogen) atoms. The highest BCUT2D eigenvalue weighted by Crippen LogP contribution is 2.23. The zero-order valence-electron chi connectivity index (χ0n) is 12.9. The molecule has 0 saturated carbocycles. The maximum absolute atomic E-state index is 5.50. The van der Waals surface area contributed by atoms with Gasteiger partial charge in [0.2, 0.25) is 0 Å². The highest BCUT2D eigenvalue weighted by molar-refractivity contribution is 7.99. The predicted octanol–water partition coefficient (Wildman–Crippen LogP) is 5.19. The summed E-state index contributed by atoms with van der Waals surface area (Å²) in [5.74, 6) is 1.76. The minimum Gasteiger partial charge on any atom is -0.494 e. The van der Waals surface area contributed by atoms with Gasteiger partial charge in [0.25, 0.3) is 0 Å². The van der Waals surface area contributed by atoms with Crippen molar-refractivity contribution >= 4 is 41.3 Å². The van der Waals surface area contributed by atoms with Crippen molar-refractivity contribution in [1.82, 2.24) is 9.97 Å². The lowest BCUT2D eigenvalue weighted by molar-refractivity contribution is 0.340. The summed E-state index contributed by atoms with van der Waals surface area (Å²) in [5, 5.41) is 0.932. The average Bonchev–Trinajstić information content (AvgIpc) is 2.95. The summed E-state index contributed by atoms with van der Waals surface area (Å²) >= 11 is 1.69. The molecule has 0 radical (unpaired) electrons. The quantitative estimate of drug-likeness (QED) is 0.624. The third-order valence-corrected chi connectivity index (χ3v) is 3.99. The molecule has 0 saturated heterocycles. The molecular formula is C18H19ClN2OS. The fourth-order valence-electron chi connectivity index (χ4n) is 2.17. The van der Waals surface area contributed by atoms with Crippen LogP contribution in [0.3, 0.4) is 0 Å². The van der Waals surface area contributed by atoms with Crippen molar-refractivity contribution < 1.29 is 4.74 Å². The Labute approximate surface area is 146 Å². The topological polar surface area (TPSA) is 37.9 Å².